The van der Waals surface area contributed by atoms with Crippen LogP contribution >= 0.6 is 0 Å². The normalized spacial score (nSPS) is 27.7. The molecule has 1 N–H and O–H groups in total. The van der Waals surface area contributed by atoms with Crippen LogP contribution in [-0.2, 0) is 23.9 Å². The van der Waals surface area contributed by atoms with Crippen LogP contribution in [0.4, 0.5) is 0 Å². The molecule has 2 heterocycles. The molecule has 1 saturated carbocycles. The molecule has 3 atom stereocenters. The van der Waals surface area contributed by atoms with E-state index in [2.05, 4.69) is 22.0 Å². The summed E-state index contributed by atoms with van der Waals surface area (Å²) >= 11 is 0. The van der Waals surface area contributed by atoms with Crippen LogP contribution in [-0.4, -0.2) is 53.0 Å². The average Bonchev–Trinajstić information content (AvgIpc) is 3.11. The van der Waals surface area contributed by atoms with Gasteiger partial charge in [-0.2, -0.15) is 0 Å². The van der Waals surface area contributed by atoms with Crippen LogP contribution in [0.1, 0.15) is 30.7 Å². The third-order valence-electron chi connectivity index (χ3n) is 6.37. The van der Waals surface area contributed by atoms with E-state index < -0.39 is 5.60 Å². The first-order valence-corrected chi connectivity index (χ1v) is 10.2. The lowest BCUT2D eigenvalue weighted by Gasteiger charge is -2.52. The van der Waals surface area contributed by atoms with Gasteiger partial charge in [-0.3, -0.25) is 4.90 Å². The van der Waals surface area contributed by atoms with Crippen molar-refractivity contribution in [3.63, 3.8) is 0 Å². The molecule has 28 heavy (non-hydrogen) atoms. The number of likely N-dealkylation sites (tertiary alicyclic amines) is 1. The molecule has 6 nitrogen and oxygen atoms in total. The minimum Gasteiger partial charge on any atom is -0.491 e. The molecule has 0 radical (unpaired) electrons. The lowest BCUT2D eigenvalue weighted by atomic mass is 9.65. The van der Waals surface area contributed by atoms with E-state index in [1.807, 2.05) is 29.9 Å². The van der Waals surface area contributed by atoms with Crippen LogP contribution < -0.4 is 4.74 Å². The summed E-state index contributed by atoms with van der Waals surface area (Å²) in [6.07, 6.45) is 7.05. The van der Waals surface area contributed by atoms with Crippen molar-refractivity contribution >= 4 is 0 Å². The number of piperidine rings is 1. The van der Waals surface area contributed by atoms with Crippen molar-refractivity contribution in [2.75, 3.05) is 33.4 Å². The number of aliphatic hydroxyl groups is 1. The van der Waals surface area contributed by atoms with Crippen LogP contribution in [0.5, 0.6) is 5.75 Å². The highest BCUT2D eigenvalue weighted by atomic mass is 16.5. The topological polar surface area (TPSA) is 59.8 Å². The maximum atomic E-state index is 11.7. The van der Waals surface area contributed by atoms with Crippen molar-refractivity contribution in [2.24, 2.45) is 18.9 Å². The maximum absolute atomic E-state index is 11.7. The molecule has 1 unspecified atom stereocenters. The molecule has 4 rings (SSSR count). The first kappa shape index (κ1) is 19.4. The summed E-state index contributed by atoms with van der Waals surface area (Å²) in [5, 5.41) is 11.7. The quantitative estimate of drug-likeness (QED) is 0.743. The lowest BCUT2D eigenvalue weighted by Crippen LogP contribution is -2.58. The van der Waals surface area contributed by atoms with Gasteiger partial charge in [-0.1, -0.05) is 18.6 Å². The fourth-order valence-corrected chi connectivity index (χ4v) is 4.98. The first-order valence-electron chi connectivity index (χ1n) is 10.2. The Balaban J connectivity index is 1.43. The molecule has 2 aliphatic rings. The summed E-state index contributed by atoms with van der Waals surface area (Å²) in [5.74, 6) is 2.18. The molecule has 1 aliphatic carbocycles. The second-order valence-electron chi connectivity index (χ2n) is 8.19. The Morgan fingerprint density at radius 2 is 1.86 bits per heavy atom. The van der Waals surface area contributed by atoms with E-state index in [9.17, 15) is 5.11 Å². The van der Waals surface area contributed by atoms with Crippen LogP contribution in [0.25, 0.3) is 0 Å². The summed E-state index contributed by atoms with van der Waals surface area (Å²) in [5.41, 5.74) is 0.478. The number of rotatable bonds is 7. The minimum atomic E-state index is -0.800. The first-order chi connectivity index (χ1) is 13.6. The Morgan fingerprint density at radius 1 is 1.14 bits per heavy atom. The van der Waals surface area contributed by atoms with Crippen LogP contribution in [0.2, 0.25) is 0 Å². The van der Waals surface area contributed by atoms with Gasteiger partial charge in [0.1, 0.15) is 23.8 Å². The van der Waals surface area contributed by atoms with Crippen molar-refractivity contribution < 1.29 is 14.6 Å². The average molecular weight is 386 g/mol. The Labute approximate surface area is 167 Å². The Hall–Kier alpha value is -1.89. The highest BCUT2D eigenvalue weighted by Crippen LogP contribution is 2.48. The predicted molar refractivity (Wildman–Crippen MR) is 107 cm³/mol. The van der Waals surface area contributed by atoms with Gasteiger partial charge in [0.05, 0.1) is 6.61 Å². The number of imidazole rings is 1. The van der Waals surface area contributed by atoms with E-state index in [1.54, 1.807) is 13.3 Å². The summed E-state index contributed by atoms with van der Waals surface area (Å²) in [4.78, 5) is 7.01. The number of methoxy groups -OCH3 is 1. The van der Waals surface area contributed by atoms with Crippen molar-refractivity contribution in [1.29, 1.82) is 0 Å². The molecular weight excluding hydrogens is 354 g/mol. The molecule has 1 aliphatic heterocycles. The monoisotopic (exact) mass is 385 g/mol. The molecule has 2 aromatic rings. The Kier molecular flexibility index (Phi) is 5.71. The maximum Gasteiger partial charge on any atom is 0.141 e. The fraction of sp³-hybridized carbons (Fsp3) is 0.591. The zero-order valence-electron chi connectivity index (χ0n) is 16.9. The van der Waals surface area contributed by atoms with E-state index in [-0.39, 0.29) is 11.8 Å². The third-order valence-corrected chi connectivity index (χ3v) is 6.37. The van der Waals surface area contributed by atoms with Gasteiger partial charge < -0.3 is 19.1 Å². The van der Waals surface area contributed by atoms with Crippen molar-refractivity contribution in [2.45, 2.75) is 31.4 Å². The second-order valence-corrected chi connectivity index (χ2v) is 8.19. The van der Waals surface area contributed by atoms with E-state index in [0.717, 1.165) is 44.0 Å². The number of nitrogens with zero attached hydrogens (tertiary/aromatic N) is 3. The zero-order valence-corrected chi connectivity index (χ0v) is 16.9. The molecule has 1 aromatic carbocycles. The van der Waals surface area contributed by atoms with Crippen molar-refractivity contribution in [1.82, 2.24) is 14.5 Å². The van der Waals surface area contributed by atoms with Gasteiger partial charge in [-0.05, 0) is 30.5 Å². The van der Waals surface area contributed by atoms with Gasteiger partial charge in [0, 0.05) is 58.0 Å². The highest BCUT2D eigenvalue weighted by molar-refractivity contribution is 5.27. The van der Waals surface area contributed by atoms with Crippen LogP contribution in [0.15, 0.2) is 36.7 Å². The van der Waals surface area contributed by atoms with Gasteiger partial charge in [0.25, 0.3) is 0 Å². The van der Waals surface area contributed by atoms with Crippen molar-refractivity contribution in [3.8, 4) is 5.75 Å². The molecular formula is C22H31N3O3. The lowest BCUT2D eigenvalue weighted by molar-refractivity contribution is -0.155. The molecule has 0 spiro atoms. The number of fused-ring (bicyclic) bond motifs is 2. The summed E-state index contributed by atoms with van der Waals surface area (Å²) in [7, 11) is 3.66. The Morgan fingerprint density at radius 3 is 2.46 bits per heavy atom. The molecule has 1 saturated heterocycles. The molecule has 2 fully saturated rings. The third kappa shape index (κ3) is 3.69. The smallest absolute Gasteiger partial charge is 0.141 e. The standard InChI is InChI=1S/C22H31N3O3/c1-24-11-10-23-21(24)22(26)18-4-3-5-19(22)16-25(15-18)14-17-6-8-20(9-7-17)28-13-12-27-2/h6-11,18-19,26H,3-5,12-16H2,1-2H3/t18-,19+,22?. The van der Waals surface area contributed by atoms with Crippen molar-refractivity contribution in [3.05, 3.63) is 48.0 Å². The molecule has 2 bridgehead atoms. The van der Waals surface area contributed by atoms with Gasteiger partial charge in [0.2, 0.25) is 0 Å². The molecule has 1 aromatic heterocycles. The number of aromatic nitrogens is 2. The molecule has 152 valence electrons. The fourth-order valence-electron chi connectivity index (χ4n) is 4.98. The summed E-state index contributed by atoms with van der Waals surface area (Å²) in [6.45, 7) is 3.88. The zero-order chi connectivity index (χ0) is 19.6. The summed E-state index contributed by atoms with van der Waals surface area (Å²) < 4.78 is 12.7. The number of hydrogen-bond donors (Lipinski definition) is 1. The Bertz CT molecular complexity index is 760. The summed E-state index contributed by atoms with van der Waals surface area (Å²) in [6, 6.07) is 8.33. The van der Waals surface area contributed by atoms with E-state index >= 15 is 0 Å². The SMILES string of the molecule is COCCOc1ccc(CN2C[C@H]3CCC[C@@H](C2)C3(O)c2nccn2C)cc1. The van der Waals surface area contributed by atoms with Crippen LogP contribution in [0.3, 0.4) is 0 Å². The van der Waals surface area contributed by atoms with Gasteiger partial charge in [-0.25, -0.2) is 4.98 Å². The number of hydrogen-bond acceptors (Lipinski definition) is 5. The number of aryl methyl sites for hydroxylation is 1. The van der Waals surface area contributed by atoms with E-state index in [1.165, 1.54) is 12.0 Å². The minimum absolute atomic E-state index is 0.234. The van der Waals surface area contributed by atoms with Gasteiger partial charge in [0.15, 0.2) is 0 Å². The van der Waals surface area contributed by atoms with E-state index in [4.69, 9.17) is 9.47 Å². The largest absolute Gasteiger partial charge is 0.491 e. The molecule has 0 amide bonds. The van der Waals surface area contributed by atoms with Gasteiger partial charge in [-0.15, -0.1) is 0 Å². The highest BCUT2D eigenvalue weighted by Gasteiger charge is 2.53. The van der Waals surface area contributed by atoms with E-state index in [0.29, 0.717) is 13.2 Å². The number of benzene rings is 1. The second kappa shape index (κ2) is 8.23. The van der Waals surface area contributed by atoms with Gasteiger partial charge >= 0.3 is 0 Å². The van der Waals surface area contributed by atoms with Crippen LogP contribution in [0, 0.1) is 11.8 Å². The number of ether oxygens (including phenoxy) is 2. The predicted octanol–water partition coefficient (Wildman–Crippen LogP) is 2.57. The molecule has 6 heteroatoms.